The highest BCUT2D eigenvalue weighted by molar-refractivity contribution is 7.09. The highest BCUT2D eigenvalue weighted by Gasteiger charge is 2.12. The summed E-state index contributed by atoms with van der Waals surface area (Å²) in [5.74, 6) is 0. The van der Waals surface area contributed by atoms with Crippen molar-refractivity contribution in [2.45, 2.75) is 39.0 Å². The molecule has 0 atom stereocenters. The van der Waals surface area contributed by atoms with Crippen LogP contribution in [-0.4, -0.2) is 29.1 Å². The monoisotopic (exact) mass is 345 g/mol. The normalized spacial score (nSPS) is 15.2. The van der Waals surface area contributed by atoms with Gasteiger partial charge in [0, 0.05) is 11.9 Å². The zero-order valence-corrected chi connectivity index (χ0v) is 14.6. The van der Waals surface area contributed by atoms with Crippen molar-refractivity contribution >= 4 is 17.4 Å². The second kappa shape index (κ2) is 8.80. The number of benzene rings is 1. The van der Waals surface area contributed by atoms with Crippen molar-refractivity contribution < 1.29 is 9.53 Å². The number of rotatable bonds is 6. The Bertz CT molecular complexity index is 639. The van der Waals surface area contributed by atoms with Crippen molar-refractivity contribution in [3.8, 4) is 0 Å². The van der Waals surface area contributed by atoms with E-state index in [4.69, 9.17) is 4.74 Å². The number of nitrogens with one attached hydrogen (secondary N) is 1. The lowest BCUT2D eigenvalue weighted by atomic mass is 10.1. The van der Waals surface area contributed by atoms with Gasteiger partial charge in [0.2, 0.25) is 0 Å². The predicted molar refractivity (Wildman–Crippen MR) is 94.7 cm³/mol. The molecule has 1 aliphatic rings. The number of amides is 1. The summed E-state index contributed by atoms with van der Waals surface area (Å²) in [5, 5.41) is 5.76. The van der Waals surface area contributed by atoms with Crippen LogP contribution in [0.4, 0.5) is 4.79 Å². The SMILES string of the molecule is O=C(NCc1nc(CN2CCCCC2)cs1)OCc1ccccc1. The fourth-order valence-corrected chi connectivity index (χ4v) is 3.50. The molecular formula is C18H23N3O2S. The van der Waals surface area contributed by atoms with Crippen molar-refractivity contribution in [3.05, 3.63) is 52.0 Å². The summed E-state index contributed by atoms with van der Waals surface area (Å²) in [5.41, 5.74) is 2.07. The van der Waals surface area contributed by atoms with Gasteiger partial charge in [-0.1, -0.05) is 36.8 Å². The summed E-state index contributed by atoms with van der Waals surface area (Å²) in [6.07, 6.45) is 3.50. The van der Waals surface area contributed by atoms with E-state index in [1.807, 2.05) is 30.3 Å². The van der Waals surface area contributed by atoms with Gasteiger partial charge in [0.05, 0.1) is 12.2 Å². The standard InChI is InChI=1S/C18H23N3O2S/c22-18(23-13-15-7-3-1-4-8-15)19-11-17-20-16(14-24-17)12-21-9-5-2-6-10-21/h1,3-4,7-8,14H,2,5-6,9-13H2,(H,19,22). The second-order valence-electron chi connectivity index (χ2n) is 5.98. The van der Waals surface area contributed by atoms with E-state index in [1.54, 1.807) is 11.3 Å². The molecule has 1 N–H and O–H groups in total. The van der Waals surface area contributed by atoms with E-state index >= 15 is 0 Å². The van der Waals surface area contributed by atoms with E-state index in [1.165, 1.54) is 19.3 Å². The van der Waals surface area contributed by atoms with Crippen LogP contribution in [-0.2, 0) is 24.4 Å². The molecule has 24 heavy (non-hydrogen) atoms. The number of piperidine rings is 1. The third kappa shape index (κ3) is 5.32. The molecular weight excluding hydrogens is 322 g/mol. The lowest BCUT2D eigenvalue weighted by Gasteiger charge is -2.25. The Kier molecular flexibility index (Phi) is 6.20. The summed E-state index contributed by atoms with van der Waals surface area (Å²) in [4.78, 5) is 18.8. The van der Waals surface area contributed by atoms with E-state index in [9.17, 15) is 4.79 Å². The van der Waals surface area contributed by atoms with Gasteiger partial charge >= 0.3 is 6.09 Å². The van der Waals surface area contributed by atoms with Crippen LogP contribution in [0.25, 0.3) is 0 Å². The van der Waals surface area contributed by atoms with Crippen molar-refractivity contribution in [1.29, 1.82) is 0 Å². The number of hydrogen-bond acceptors (Lipinski definition) is 5. The number of aromatic nitrogens is 1. The molecule has 0 aliphatic carbocycles. The van der Waals surface area contributed by atoms with Crippen LogP contribution in [0.2, 0.25) is 0 Å². The molecule has 0 spiro atoms. The molecule has 1 fully saturated rings. The number of ether oxygens (including phenoxy) is 1. The maximum absolute atomic E-state index is 11.7. The van der Waals surface area contributed by atoms with Gasteiger partial charge in [-0.2, -0.15) is 0 Å². The fourth-order valence-electron chi connectivity index (χ4n) is 2.77. The first-order valence-corrected chi connectivity index (χ1v) is 9.28. The van der Waals surface area contributed by atoms with Crippen LogP contribution >= 0.6 is 11.3 Å². The number of nitrogens with zero attached hydrogens (tertiary/aromatic N) is 2. The Morgan fingerprint density at radius 3 is 2.79 bits per heavy atom. The largest absolute Gasteiger partial charge is 0.445 e. The minimum atomic E-state index is -0.411. The third-order valence-corrected chi connectivity index (χ3v) is 4.93. The average molecular weight is 345 g/mol. The van der Waals surface area contributed by atoms with Crippen LogP contribution in [0.3, 0.4) is 0 Å². The lowest BCUT2D eigenvalue weighted by Crippen LogP contribution is -2.29. The first-order chi connectivity index (χ1) is 11.8. The average Bonchev–Trinajstić information content (AvgIpc) is 3.07. The molecule has 1 amide bonds. The minimum Gasteiger partial charge on any atom is -0.445 e. The van der Waals surface area contributed by atoms with Gasteiger partial charge in [0.25, 0.3) is 0 Å². The number of likely N-dealkylation sites (tertiary alicyclic amines) is 1. The zero-order valence-electron chi connectivity index (χ0n) is 13.7. The van der Waals surface area contributed by atoms with Gasteiger partial charge in [-0.05, 0) is 31.5 Å². The summed E-state index contributed by atoms with van der Waals surface area (Å²) >= 11 is 1.59. The molecule has 5 nitrogen and oxygen atoms in total. The molecule has 0 saturated carbocycles. The Hall–Kier alpha value is -1.92. The quantitative estimate of drug-likeness (QED) is 0.870. The van der Waals surface area contributed by atoms with Crippen LogP contribution in [0, 0.1) is 0 Å². The molecule has 2 aromatic rings. The molecule has 2 heterocycles. The van der Waals surface area contributed by atoms with Crippen molar-refractivity contribution in [1.82, 2.24) is 15.2 Å². The Morgan fingerprint density at radius 2 is 2.00 bits per heavy atom. The highest BCUT2D eigenvalue weighted by Crippen LogP contribution is 2.15. The Balaban J connectivity index is 1.39. The number of hydrogen-bond donors (Lipinski definition) is 1. The molecule has 6 heteroatoms. The van der Waals surface area contributed by atoms with E-state index in [0.717, 1.165) is 35.9 Å². The van der Waals surface area contributed by atoms with Gasteiger partial charge in [0.15, 0.2) is 0 Å². The molecule has 1 aliphatic heterocycles. The molecule has 0 unspecified atom stereocenters. The maximum atomic E-state index is 11.7. The molecule has 0 radical (unpaired) electrons. The third-order valence-electron chi connectivity index (χ3n) is 4.03. The molecule has 3 rings (SSSR count). The number of thiazole rings is 1. The first kappa shape index (κ1) is 16.9. The van der Waals surface area contributed by atoms with Crippen LogP contribution < -0.4 is 5.32 Å². The van der Waals surface area contributed by atoms with Gasteiger partial charge in [-0.3, -0.25) is 4.90 Å². The van der Waals surface area contributed by atoms with Crippen molar-refractivity contribution in [2.24, 2.45) is 0 Å². The Labute approximate surface area is 146 Å². The second-order valence-corrected chi connectivity index (χ2v) is 6.93. The smallest absolute Gasteiger partial charge is 0.407 e. The molecule has 1 aromatic carbocycles. The van der Waals surface area contributed by atoms with Crippen LogP contribution in [0.1, 0.15) is 35.5 Å². The summed E-state index contributed by atoms with van der Waals surface area (Å²) < 4.78 is 5.20. The fraction of sp³-hybridized carbons (Fsp3) is 0.444. The van der Waals surface area contributed by atoms with Gasteiger partial charge in [-0.15, -0.1) is 11.3 Å². The van der Waals surface area contributed by atoms with Gasteiger partial charge < -0.3 is 10.1 Å². The summed E-state index contributed by atoms with van der Waals surface area (Å²) in [6.45, 7) is 3.94. The van der Waals surface area contributed by atoms with Gasteiger partial charge in [-0.25, -0.2) is 9.78 Å². The maximum Gasteiger partial charge on any atom is 0.407 e. The van der Waals surface area contributed by atoms with Crippen LogP contribution in [0.5, 0.6) is 0 Å². The molecule has 0 bridgehead atoms. The number of carbonyl (C=O) groups is 1. The van der Waals surface area contributed by atoms with Crippen LogP contribution in [0.15, 0.2) is 35.7 Å². The minimum absolute atomic E-state index is 0.282. The predicted octanol–water partition coefficient (Wildman–Crippen LogP) is 3.56. The number of alkyl carbamates (subject to hydrolysis) is 1. The molecule has 1 aromatic heterocycles. The van der Waals surface area contributed by atoms with Gasteiger partial charge in [0.1, 0.15) is 11.6 Å². The van der Waals surface area contributed by atoms with Crippen molar-refractivity contribution in [3.63, 3.8) is 0 Å². The lowest BCUT2D eigenvalue weighted by molar-refractivity contribution is 0.139. The van der Waals surface area contributed by atoms with E-state index < -0.39 is 6.09 Å². The first-order valence-electron chi connectivity index (χ1n) is 8.40. The summed E-state index contributed by atoms with van der Waals surface area (Å²) in [6, 6.07) is 9.65. The highest BCUT2D eigenvalue weighted by atomic mass is 32.1. The summed E-state index contributed by atoms with van der Waals surface area (Å²) in [7, 11) is 0. The zero-order chi connectivity index (χ0) is 16.6. The van der Waals surface area contributed by atoms with E-state index in [-0.39, 0.29) is 6.61 Å². The van der Waals surface area contributed by atoms with Crippen molar-refractivity contribution in [2.75, 3.05) is 13.1 Å². The Morgan fingerprint density at radius 1 is 1.21 bits per heavy atom. The van der Waals surface area contributed by atoms with E-state index in [2.05, 4.69) is 20.6 Å². The molecule has 1 saturated heterocycles. The molecule has 128 valence electrons. The topological polar surface area (TPSA) is 54.5 Å². The van der Waals surface area contributed by atoms with E-state index in [0.29, 0.717) is 6.54 Å². The number of carbonyl (C=O) groups excluding carboxylic acids is 1.